The summed E-state index contributed by atoms with van der Waals surface area (Å²) in [6, 6.07) is 4.52. The van der Waals surface area contributed by atoms with Crippen LogP contribution in [0.1, 0.15) is 29.6 Å². The van der Waals surface area contributed by atoms with E-state index >= 15 is 0 Å². The highest BCUT2D eigenvalue weighted by Crippen LogP contribution is 2.51. The Balaban J connectivity index is 1.76. The number of amides is 1. The topological polar surface area (TPSA) is 122 Å². The molecule has 1 heterocycles. The van der Waals surface area contributed by atoms with Crippen LogP contribution in [0.4, 0.5) is 0 Å². The lowest BCUT2D eigenvalue weighted by Gasteiger charge is -2.26. The Morgan fingerprint density at radius 3 is 2.57 bits per heavy atom. The van der Waals surface area contributed by atoms with Gasteiger partial charge in [-0.3, -0.25) is 18.1 Å². The highest BCUT2D eigenvalue weighted by molar-refractivity contribution is 8.23. The number of carbonyl (C=O) groups excluding carboxylic acids is 1. The summed E-state index contributed by atoms with van der Waals surface area (Å²) in [7, 11) is -6.68. The van der Waals surface area contributed by atoms with E-state index in [0.29, 0.717) is 25.2 Å². The van der Waals surface area contributed by atoms with Gasteiger partial charge in [-0.15, -0.1) is 0 Å². The van der Waals surface area contributed by atoms with Crippen LogP contribution in [-0.4, -0.2) is 42.9 Å². The van der Waals surface area contributed by atoms with Gasteiger partial charge >= 0.3 is 0 Å². The molecule has 8 nitrogen and oxygen atoms in total. The third kappa shape index (κ3) is 5.08. The number of fused-ring (bicyclic) bond motifs is 1. The number of rotatable bonds is 8. The van der Waals surface area contributed by atoms with Crippen LogP contribution in [0, 0.1) is 0 Å². The largest absolute Gasteiger partial charge is 0.494 e. The summed E-state index contributed by atoms with van der Waals surface area (Å²) in [5.74, 6) is -0.0787. The first-order valence-electron chi connectivity index (χ1n) is 6.91. The second-order valence-electron chi connectivity index (χ2n) is 5.07. The molecule has 1 aromatic carbocycles. The molecule has 0 saturated carbocycles. The lowest BCUT2D eigenvalue weighted by Crippen LogP contribution is -2.17. The van der Waals surface area contributed by atoms with Crippen molar-refractivity contribution in [2.24, 2.45) is 0 Å². The summed E-state index contributed by atoms with van der Waals surface area (Å²) in [6.45, 7) is 0.532. The third-order valence-corrected chi connectivity index (χ3v) is 5.11. The second kappa shape index (κ2) is 7.05. The fourth-order valence-electron chi connectivity index (χ4n) is 2.04. The molecule has 0 atom stereocenters. The summed E-state index contributed by atoms with van der Waals surface area (Å²) in [4.78, 5) is 11.7. The van der Waals surface area contributed by atoms with E-state index < -0.39 is 26.8 Å². The van der Waals surface area contributed by atoms with Crippen molar-refractivity contribution in [1.29, 1.82) is 0 Å². The summed E-state index contributed by atoms with van der Waals surface area (Å²) in [5, 5.41) is 0. The smallest absolute Gasteiger partial charge is 0.271 e. The predicted molar refractivity (Wildman–Crippen MR) is 85.2 cm³/mol. The van der Waals surface area contributed by atoms with Crippen LogP contribution >= 0.6 is 10.8 Å². The van der Waals surface area contributed by atoms with Crippen molar-refractivity contribution in [3.05, 3.63) is 23.8 Å². The molecule has 130 valence electrons. The molecule has 0 fully saturated rings. The molecule has 2 rings (SSSR count). The van der Waals surface area contributed by atoms with Gasteiger partial charge in [0.15, 0.2) is 0 Å². The minimum Gasteiger partial charge on any atom is -0.494 e. The van der Waals surface area contributed by atoms with Crippen LogP contribution in [0.25, 0.3) is 0 Å². The zero-order valence-electron chi connectivity index (χ0n) is 12.5. The lowest BCUT2D eigenvalue weighted by molar-refractivity contribution is 0.0983. The maximum Gasteiger partial charge on any atom is 0.271 e. The van der Waals surface area contributed by atoms with Crippen LogP contribution in [0.2, 0.25) is 0 Å². The number of ether oxygens (including phenoxy) is 1. The highest BCUT2D eigenvalue weighted by Gasteiger charge is 2.33. The van der Waals surface area contributed by atoms with Crippen molar-refractivity contribution < 1.29 is 31.2 Å². The maximum atomic E-state index is 11.5. The van der Waals surface area contributed by atoms with Gasteiger partial charge < -0.3 is 4.74 Å². The van der Waals surface area contributed by atoms with Crippen molar-refractivity contribution in [2.45, 2.75) is 24.2 Å². The van der Waals surface area contributed by atoms with Gasteiger partial charge in [-0.25, -0.2) is 4.72 Å². The van der Waals surface area contributed by atoms with E-state index in [4.69, 9.17) is 4.74 Å². The fraction of sp³-hybridized carbons (Fsp3) is 0.462. The standard InChI is InChI=1S/C13H19NO7S2/c1-22(16,17)21-8-4-2-3-7-20-10-5-6-11-12(9-10)23(18,19)14-13(11)15/h5-6,9,18-19H,2-4,7-8H2,1H3,(H,14,15). The van der Waals surface area contributed by atoms with Crippen LogP contribution in [-0.2, 0) is 14.3 Å². The summed E-state index contributed by atoms with van der Waals surface area (Å²) in [6.07, 6.45) is 3.03. The van der Waals surface area contributed by atoms with E-state index in [2.05, 4.69) is 8.91 Å². The zero-order chi connectivity index (χ0) is 17.1. The highest BCUT2D eigenvalue weighted by atomic mass is 32.3. The number of hydrogen-bond donors (Lipinski definition) is 3. The Kier molecular flexibility index (Phi) is 5.53. The Morgan fingerprint density at radius 2 is 1.87 bits per heavy atom. The molecule has 0 spiro atoms. The maximum absolute atomic E-state index is 11.5. The SMILES string of the molecule is CS(=O)(=O)OCCCCCOc1ccc2c(c1)S(O)(O)NC2=O. The molecule has 1 aliphatic heterocycles. The molecule has 1 aliphatic rings. The molecular weight excluding hydrogens is 346 g/mol. The first-order valence-corrected chi connectivity index (χ1v) is 10.3. The van der Waals surface area contributed by atoms with Crippen LogP contribution in [0.3, 0.4) is 0 Å². The van der Waals surface area contributed by atoms with Crippen molar-refractivity contribution in [3.63, 3.8) is 0 Å². The first kappa shape index (κ1) is 18.0. The fourth-order valence-corrected chi connectivity index (χ4v) is 3.68. The minimum atomic E-state index is -3.39. The van der Waals surface area contributed by atoms with E-state index in [1.54, 1.807) is 6.07 Å². The average Bonchev–Trinajstić information content (AvgIpc) is 2.66. The molecule has 1 aromatic rings. The normalized spacial score (nSPS) is 17.4. The molecule has 1 amide bonds. The molecule has 3 N–H and O–H groups in total. The quantitative estimate of drug-likeness (QED) is 0.475. The average molecular weight is 365 g/mol. The van der Waals surface area contributed by atoms with Crippen molar-refractivity contribution in [1.82, 2.24) is 4.72 Å². The Labute approximate surface area is 136 Å². The number of hydrogen-bond acceptors (Lipinski definition) is 7. The van der Waals surface area contributed by atoms with Gasteiger partial charge in [0.25, 0.3) is 16.0 Å². The van der Waals surface area contributed by atoms with Crippen LogP contribution < -0.4 is 9.46 Å². The molecule has 10 heteroatoms. The zero-order valence-corrected chi connectivity index (χ0v) is 14.2. The van der Waals surface area contributed by atoms with Crippen LogP contribution in [0.15, 0.2) is 23.1 Å². The Hall–Kier alpha value is -1.33. The van der Waals surface area contributed by atoms with Gasteiger partial charge in [0.05, 0.1) is 29.9 Å². The molecule has 0 aromatic heterocycles. The van der Waals surface area contributed by atoms with E-state index in [1.807, 2.05) is 0 Å². The molecule has 0 radical (unpaired) electrons. The van der Waals surface area contributed by atoms with E-state index in [0.717, 1.165) is 12.7 Å². The molecule has 0 bridgehead atoms. The summed E-state index contributed by atoms with van der Waals surface area (Å²) >= 11 is 0. The van der Waals surface area contributed by atoms with Gasteiger partial charge in [0, 0.05) is 6.07 Å². The Bertz CT molecular complexity index is 688. The van der Waals surface area contributed by atoms with E-state index in [9.17, 15) is 22.3 Å². The molecule has 0 unspecified atom stereocenters. The first-order chi connectivity index (χ1) is 10.7. The van der Waals surface area contributed by atoms with Gasteiger partial charge in [-0.1, -0.05) is 10.8 Å². The number of carbonyl (C=O) groups is 1. The number of benzene rings is 1. The minimum absolute atomic E-state index is 0.140. The molecule has 23 heavy (non-hydrogen) atoms. The Morgan fingerprint density at radius 1 is 1.17 bits per heavy atom. The van der Waals surface area contributed by atoms with Crippen molar-refractivity contribution >= 4 is 26.8 Å². The second-order valence-corrected chi connectivity index (χ2v) is 8.46. The van der Waals surface area contributed by atoms with Gasteiger partial charge in [-0.2, -0.15) is 8.42 Å². The van der Waals surface area contributed by atoms with Gasteiger partial charge in [-0.05, 0) is 31.4 Å². The molecule has 0 saturated heterocycles. The van der Waals surface area contributed by atoms with Gasteiger partial charge in [0.1, 0.15) is 5.75 Å². The third-order valence-electron chi connectivity index (χ3n) is 3.09. The van der Waals surface area contributed by atoms with Gasteiger partial charge in [0.2, 0.25) is 0 Å². The number of nitrogens with one attached hydrogen (secondary N) is 1. The molecular formula is C13H19NO7S2. The van der Waals surface area contributed by atoms with E-state index in [1.165, 1.54) is 12.1 Å². The molecule has 0 aliphatic carbocycles. The predicted octanol–water partition coefficient (Wildman–Crippen LogP) is 1.98. The van der Waals surface area contributed by atoms with Crippen LogP contribution in [0.5, 0.6) is 5.75 Å². The number of unbranched alkanes of at least 4 members (excludes halogenated alkanes) is 2. The lowest BCUT2D eigenvalue weighted by atomic mass is 10.2. The summed E-state index contributed by atoms with van der Waals surface area (Å²) < 4.78 is 53.3. The summed E-state index contributed by atoms with van der Waals surface area (Å²) in [5.41, 5.74) is 0.232. The van der Waals surface area contributed by atoms with Crippen molar-refractivity contribution in [3.8, 4) is 5.75 Å². The van der Waals surface area contributed by atoms with E-state index in [-0.39, 0.29) is 17.1 Å². The van der Waals surface area contributed by atoms with Crippen molar-refractivity contribution in [2.75, 3.05) is 19.5 Å². The monoisotopic (exact) mass is 365 g/mol.